The second kappa shape index (κ2) is 7.87. The fourth-order valence-corrected chi connectivity index (χ4v) is 2.79. The summed E-state index contributed by atoms with van der Waals surface area (Å²) >= 11 is 9.26. The number of rotatable bonds is 6. The summed E-state index contributed by atoms with van der Waals surface area (Å²) in [6.07, 6.45) is 3.45. The Labute approximate surface area is 137 Å². The van der Waals surface area contributed by atoms with Crippen molar-refractivity contribution in [3.8, 4) is 0 Å². The zero-order valence-electron chi connectivity index (χ0n) is 11.7. The molecule has 0 saturated heterocycles. The Bertz CT molecular complexity index is 607. The molecule has 1 aromatic heterocycles. The molecule has 1 unspecified atom stereocenters. The fourth-order valence-electron chi connectivity index (χ4n) is 2.14. The van der Waals surface area contributed by atoms with E-state index in [9.17, 15) is 4.39 Å². The van der Waals surface area contributed by atoms with Gasteiger partial charge in [-0.15, -0.1) is 0 Å². The van der Waals surface area contributed by atoms with Crippen LogP contribution in [0.2, 0.25) is 5.02 Å². The van der Waals surface area contributed by atoms with Crippen molar-refractivity contribution in [1.82, 2.24) is 10.3 Å². The van der Waals surface area contributed by atoms with E-state index in [0.717, 1.165) is 28.7 Å². The molecule has 0 radical (unpaired) electrons. The number of aromatic nitrogens is 1. The highest BCUT2D eigenvalue weighted by molar-refractivity contribution is 9.10. The van der Waals surface area contributed by atoms with Gasteiger partial charge in [-0.3, -0.25) is 4.98 Å². The van der Waals surface area contributed by atoms with Gasteiger partial charge in [0.05, 0.1) is 16.8 Å². The highest BCUT2D eigenvalue weighted by Gasteiger charge is 2.16. The van der Waals surface area contributed by atoms with E-state index in [-0.39, 0.29) is 16.9 Å². The van der Waals surface area contributed by atoms with Gasteiger partial charge < -0.3 is 5.32 Å². The van der Waals surface area contributed by atoms with Crippen LogP contribution in [0, 0.1) is 5.82 Å². The first-order valence-corrected chi connectivity index (χ1v) is 8.06. The Hall–Kier alpha value is -0.970. The molecule has 0 aliphatic heterocycles. The summed E-state index contributed by atoms with van der Waals surface area (Å²) in [6.45, 7) is 2.99. The summed E-state index contributed by atoms with van der Waals surface area (Å²) in [5, 5.41) is 3.61. The highest BCUT2D eigenvalue weighted by Crippen LogP contribution is 2.25. The van der Waals surface area contributed by atoms with Crippen LogP contribution in [-0.2, 0) is 6.42 Å². The van der Waals surface area contributed by atoms with Crippen LogP contribution in [0.1, 0.15) is 30.6 Å². The van der Waals surface area contributed by atoms with Gasteiger partial charge in [-0.1, -0.05) is 24.6 Å². The van der Waals surface area contributed by atoms with E-state index in [1.165, 1.54) is 6.07 Å². The summed E-state index contributed by atoms with van der Waals surface area (Å²) in [5.41, 5.74) is 1.82. The average Bonchev–Trinajstić information content (AvgIpc) is 2.48. The Kier molecular flexibility index (Phi) is 6.15. The van der Waals surface area contributed by atoms with Crippen molar-refractivity contribution < 1.29 is 4.39 Å². The van der Waals surface area contributed by atoms with Gasteiger partial charge in [-0.25, -0.2) is 4.39 Å². The molecule has 1 heterocycles. The molecular formula is C16H17BrClFN2. The maximum Gasteiger partial charge on any atom is 0.142 e. The van der Waals surface area contributed by atoms with Crippen LogP contribution in [0.4, 0.5) is 4.39 Å². The standard InChI is InChI=1S/C16H17BrClFN2/c1-2-7-20-15(16-12(17)4-3-8-21-16)10-11-5-6-13(18)14(19)9-11/h3-6,8-9,15,20H,2,7,10H2,1H3. The maximum atomic E-state index is 13.6. The van der Waals surface area contributed by atoms with E-state index >= 15 is 0 Å². The Morgan fingerprint density at radius 2 is 2.19 bits per heavy atom. The lowest BCUT2D eigenvalue weighted by Crippen LogP contribution is -2.25. The lowest BCUT2D eigenvalue weighted by Gasteiger charge is -2.19. The summed E-state index contributed by atoms with van der Waals surface area (Å²) in [6, 6.07) is 8.80. The van der Waals surface area contributed by atoms with Gasteiger partial charge in [0.1, 0.15) is 5.82 Å². The molecule has 5 heteroatoms. The minimum Gasteiger partial charge on any atom is -0.308 e. The number of pyridine rings is 1. The number of hydrogen-bond donors (Lipinski definition) is 1. The van der Waals surface area contributed by atoms with E-state index in [2.05, 4.69) is 33.2 Å². The molecule has 2 aromatic rings. The van der Waals surface area contributed by atoms with Crippen LogP contribution < -0.4 is 5.32 Å². The number of hydrogen-bond acceptors (Lipinski definition) is 2. The fraction of sp³-hybridized carbons (Fsp3) is 0.312. The van der Waals surface area contributed by atoms with E-state index in [1.54, 1.807) is 12.3 Å². The topological polar surface area (TPSA) is 24.9 Å². The molecule has 0 saturated carbocycles. The van der Waals surface area contributed by atoms with Crippen LogP contribution in [0.15, 0.2) is 41.0 Å². The Balaban J connectivity index is 2.24. The molecule has 0 aliphatic rings. The van der Waals surface area contributed by atoms with Crippen molar-refractivity contribution in [2.75, 3.05) is 6.54 Å². The monoisotopic (exact) mass is 370 g/mol. The molecule has 0 spiro atoms. The maximum absolute atomic E-state index is 13.6. The van der Waals surface area contributed by atoms with E-state index in [4.69, 9.17) is 11.6 Å². The molecule has 2 rings (SSSR count). The molecule has 1 N–H and O–H groups in total. The zero-order valence-corrected chi connectivity index (χ0v) is 14.1. The van der Waals surface area contributed by atoms with Crippen molar-refractivity contribution in [3.63, 3.8) is 0 Å². The minimum atomic E-state index is -0.386. The number of benzene rings is 1. The number of nitrogens with zero attached hydrogens (tertiary/aromatic N) is 1. The van der Waals surface area contributed by atoms with Gasteiger partial charge in [-0.2, -0.15) is 0 Å². The largest absolute Gasteiger partial charge is 0.308 e. The summed E-state index contributed by atoms with van der Waals surface area (Å²) < 4.78 is 14.5. The average molecular weight is 372 g/mol. The second-order valence-corrected chi connectivity index (χ2v) is 6.09. The lowest BCUT2D eigenvalue weighted by molar-refractivity contribution is 0.514. The SMILES string of the molecule is CCCNC(Cc1ccc(Cl)c(F)c1)c1ncccc1Br. The molecule has 0 fully saturated rings. The molecular weight excluding hydrogens is 355 g/mol. The summed E-state index contributed by atoms with van der Waals surface area (Å²) in [4.78, 5) is 4.44. The second-order valence-electron chi connectivity index (χ2n) is 4.83. The first-order valence-electron chi connectivity index (χ1n) is 6.89. The van der Waals surface area contributed by atoms with Crippen LogP contribution in [0.3, 0.4) is 0 Å². The Morgan fingerprint density at radius 1 is 1.38 bits per heavy atom. The third-order valence-electron chi connectivity index (χ3n) is 3.18. The molecule has 21 heavy (non-hydrogen) atoms. The normalized spacial score (nSPS) is 12.4. The molecule has 1 atom stereocenters. The minimum absolute atomic E-state index is 0.0288. The quantitative estimate of drug-likeness (QED) is 0.779. The Morgan fingerprint density at radius 3 is 2.86 bits per heavy atom. The molecule has 0 aliphatic carbocycles. The lowest BCUT2D eigenvalue weighted by atomic mass is 10.0. The van der Waals surface area contributed by atoms with Gasteiger partial charge in [-0.05, 0) is 65.1 Å². The highest BCUT2D eigenvalue weighted by atomic mass is 79.9. The first kappa shape index (κ1) is 16.4. The van der Waals surface area contributed by atoms with Gasteiger partial charge in [0.15, 0.2) is 0 Å². The predicted octanol–water partition coefficient (Wildman–Crippen LogP) is 4.92. The number of nitrogens with one attached hydrogen (secondary N) is 1. The molecule has 1 aromatic carbocycles. The first-order chi connectivity index (χ1) is 10.1. The molecule has 112 valence electrons. The molecule has 0 amide bonds. The third-order valence-corrected chi connectivity index (χ3v) is 4.16. The van der Waals surface area contributed by atoms with Crippen LogP contribution >= 0.6 is 27.5 Å². The number of halogens is 3. The summed E-state index contributed by atoms with van der Waals surface area (Å²) in [5.74, 6) is -0.386. The van der Waals surface area contributed by atoms with Crippen LogP contribution in [0.5, 0.6) is 0 Å². The van der Waals surface area contributed by atoms with Gasteiger partial charge >= 0.3 is 0 Å². The van der Waals surface area contributed by atoms with E-state index < -0.39 is 0 Å². The van der Waals surface area contributed by atoms with Gasteiger partial charge in [0.2, 0.25) is 0 Å². The van der Waals surface area contributed by atoms with Crippen molar-refractivity contribution in [3.05, 3.63) is 63.1 Å². The molecule has 2 nitrogen and oxygen atoms in total. The van der Waals surface area contributed by atoms with Crippen molar-refractivity contribution in [2.24, 2.45) is 0 Å². The molecule has 0 bridgehead atoms. The van der Waals surface area contributed by atoms with Crippen molar-refractivity contribution in [2.45, 2.75) is 25.8 Å². The van der Waals surface area contributed by atoms with Gasteiger partial charge in [0, 0.05) is 10.7 Å². The predicted molar refractivity (Wildman–Crippen MR) is 88.1 cm³/mol. The van der Waals surface area contributed by atoms with Crippen molar-refractivity contribution >= 4 is 27.5 Å². The third kappa shape index (κ3) is 4.50. The van der Waals surface area contributed by atoms with Gasteiger partial charge in [0.25, 0.3) is 0 Å². The van der Waals surface area contributed by atoms with Crippen molar-refractivity contribution in [1.29, 1.82) is 0 Å². The zero-order chi connectivity index (χ0) is 15.2. The van der Waals surface area contributed by atoms with Crippen LogP contribution in [0.25, 0.3) is 0 Å². The van der Waals surface area contributed by atoms with E-state index in [1.807, 2.05) is 18.2 Å². The van der Waals surface area contributed by atoms with E-state index in [0.29, 0.717) is 6.42 Å². The smallest absolute Gasteiger partial charge is 0.142 e. The summed E-state index contributed by atoms with van der Waals surface area (Å²) in [7, 11) is 0. The van der Waals surface area contributed by atoms with Crippen LogP contribution in [-0.4, -0.2) is 11.5 Å².